The van der Waals surface area contributed by atoms with Crippen LogP contribution < -0.4 is 5.73 Å². The van der Waals surface area contributed by atoms with Crippen LogP contribution in [0.15, 0.2) is 0 Å². The molecule has 0 bridgehead atoms. The fraction of sp³-hybridized carbons (Fsp3) is 0.833. The number of nitrogens with zero attached hydrogens (tertiary/aromatic N) is 1. The van der Waals surface area contributed by atoms with Crippen LogP contribution in [0.2, 0.25) is 0 Å². The van der Waals surface area contributed by atoms with Crippen molar-refractivity contribution >= 4 is 6.41 Å². The van der Waals surface area contributed by atoms with Gasteiger partial charge in [0, 0.05) is 6.54 Å². The number of hydrogen-bond donors (Lipinski definition) is 1. The number of amides is 1. The summed E-state index contributed by atoms with van der Waals surface area (Å²) in [5.41, 5.74) is 5.23. The van der Waals surface area contributed by atoms with Gasteiger partial charge in [0.25, 0.3) is 0 Å². The average molecular weight is 130 g/mol. The number of carbonyl (C=O) groups excluding carboxylic acids is 1. The zero-order valence-electron chi connectivity index (χ0n) is 6.00. The number of carbonyl (C=O) groups is 1. The maximum Gasteiger partial charge on any atom is 0.210 e. The van der Waals surface area contributed by atoms with Gasteiger partial charge in [0.15, 0.2) is 0 Å². The highest BCUT2D eigenvalue weighted by Crippen LogP contribution is 1.92. The summed E-state index contributed by atoms with van der Waals surface area (Å²) in [6.07, 6.45) is 0.778. The van der Waals surface area contributed by atoms with Gasteiger partial charge in [-0.05, 0) is 5.92 Å². The van der Waals surface area contributed by atoms with Crippen LogP contribution >= 0.6 is 0 Å². The molecule has 0 atom stereocenters. The first-order valence-electron chi connectivity index (χ1n) is 3.10. The molecule has 3 nitrogen and oxygen atoms in total. The molecule has 0 saturated carbocycles. The molecule has 0 aromatic rings. The molecule has 0 spiro atoms. The third kappa shape index (κ3) is 3.97. The Kier molecular flexibility index (Phi) is 4.05. The van der Waals surface area contributed by atoms with Crippen LogP contribution in [0.4, 0.5) is 0 Å². The van der Waals surface area contributed by atoms with Gasteiger partial charge >= 0.3 is 0 Å². The van der Waals surface area contributed by atoms with Crippen molar-refractivity contribution in [2.75, 3.05) is 13.2 Å². The van der Waals surface area contributed by atoms with Gasteiger partial charge in [0.2, 0.25) is 6.41 Å². The van der Waals surface area contributed by atoms with E-state index in [1.54, 1.807) is 4.90 Å². The Labute approximate surface area is 55.8 Å². The summed E-state index contributed by atoms with van der Waals surface area (Å²) in [4.78, 5) is 11.7. The van der Waals surface area contributed by atoms with Crippen molar-refractivity contribution in [3.05, 3.63) is 0 Å². The second kappa shape index (κ2) is 4.32. The lowest BCUT2D eigenvalue weighted by Crippen LogP contribution is -2.31. The van der Waals surface area contributed by atoms with E-state index in [0.717, 1.165) is 13.0 Å². The Bertz CT molecular complexity index is 83.1. The molecule has 0 fully saturated rings. The van der Waals surface area contributed by atoms with E-state index in [1.165, 1.54) is 0 Å². The molecule has 54 valence electrons. The summed E-state index contributed by atoms with van der Waals surface area (Å²) in [5.74, 6) is 0.499. The van der Waals surface area contributed by atoms with E-state index in [2.05, 4.69) is 0 Å². The maximum atomic E-state index is 10.1. The van der Waals surface area contributed by atoms with E-state index in [1.807, 2.05) is 13.8 Å². The van der Waals surface area contributed by atoms with E-state index in [9.17, 15) is 4.79 Å². The largest absolute Gasteiger partial charge is 0.332 e. The zero-order chi connectivity index (χ0) is 7.28. The van der Waals surface area contributed by atoms with Crippen LogP contribution in [0.25, 0.3) is 0 Å². The van der Waals surface area contributed by atoms with Gasteiger partial charge in [0.05, 0.1) is 6.67 Å². The topological polar surface area (TPSA) is 46.3 Å². The first kappa shape index (κ1) is 8.43. The predicted molar refractivity (Wildman–Crippen MR) is 36.7 cm³/mol. The Balaban J connectivity index is 3.42. The maximum absolute atomic E-state index is 10.1. The van der Waals surface area contributed by atoms with Crippen LogP contribution in [-0.4, -0.2) is 24.5 Å². The normalized spacial score (nSPS) is 9.78. The minimum atomic E-state index is 0.321. The van der Waals surface area contributed by atoms with Gasteiger partial charge in [0.1, 0.15) is 0 Å². The van der Waals surface area contributed by atoms with Crippen molar-refractivity contribution in [3.63, 3.8) is 0 Å². The molecule has 9 heavy (non-hydrogen) atoms. The van der Waals surface area contributed by atoms with Crippen molar-refractivity contribution < 1.29 is 4.79 Å². The molecule has 1 amide bonds. The standard InChI is InChI=1S/C6H14N2O/c1-6(2)3-8(4-7)5-9/h5-6H,3-4,7H2,1-2H3. The molecular formula is C6H14N2O. The van der Waals surface area contributed by atoms with E-state index >= 15 is 0 Å². The van der Waals surface area contributed by atoms with Crippen LogP contribution in [0, 0.1) is 5.92 Å². The summed E-state index contributed by atoms with van der Waals surface area (Å²) >= 11 is 0. The monoisotopic (exact) mass is 130 g/mol. The molecule has 0 heterocycles. The molecule has 0 aromatic carbocycles. The smallest absolute Gasteiger partial charge is 0.210 e. The molecule has 0 aliphatic heterocycles. The fourth-order valence-corrected chi connectivity index (χ4v) is 0.630. The van der Waals surface area contributed by atoms with Gasteiger partial charge in [-0.2, -0.15) is 0 Å². The molecule has 0 aromatic heterocycles. The van der Waals surface area contributed by atoms with Crippen LogP contribution in [0.1, 0.15) is 13.8 Å². The minimum absolute atomic E-state index is 0.321. The second-order valence-electron chi connectivity index (χ2n) is 2.45. The highest BCUT2D eigenvalue weighted by atomic mass is 16.1. The third-order valence-electron chi connectivity index (χ3n) is 0.983. The molecule has 3 heteroatoms. The second-order valence-corrected chi connectivity index (χ2v) is 2.45. The molecule has 0 unspecified atom stereocenters. The van der Waals surface area contributed by atoms with Crippen molar-refractivity contribution in [1.82, 2.24) is 4.90 Å². The molecule has 0 aliphatic carbocycles. The lowest BCUT2D eigenvalue weighted by atomic mass is 10.2. The molecular weight excluding hydrogens is 116 g/mol. The molecule has 0 saturated heterocycles. The van der Waals surface area contributed by atoms with E-state index in [0.29, 0.717) is 12.6 Å². The summed E-state index contributed by atoms with van der Waals surface area (Å²) in [5, 5.41) is 0. The van der Waals surface area contributed by atoms with Gasteiger partial charge in [-0.15, -0.1) is 0 Å². The van der Waals surface area contributed by atoms with Gasteiger partial charge in [-0.3, -0.25) is 4.79 Å². The predicted octanol–water partition coefficient (Wildman–Crippen LogP) is 0.0170. The summed E-state index contributed by atoms with van der Waals surface area (Å²) in [6.45, 7) is 5.17. The lowest BCUT2D eigenvalue weighted by molar-refractivity contribution is -0.118. The first-order valence-corrected chi connectivity index (χ1v) is 3.10. The summed E-state index contributed by atoms with van der Waals surface area (Å²) < 4.78 is 0. The van der Waals surface area contributed by atoms with E-state index in [4.69, 9.17) is 5.73 Å². The highest BCUT2D eigenvalue weighted by molar-refractivity contribution is 5.46. The highest BCUT2D eigenvalue weighted by Gasteiger charge is 1.99. The fourth-order valence-electron chi connectivity index (χ4n) is 0.630. The van der Waals surface area contributed by atoms with Gasteiger partial charge < -0.3 is 10.6 Å². The zero-order valence-corrected chi connectivity index (χ0v) is 6.00. The molecule has 2 N–H and O–H groups in total. The Hall–Kier alpha value is -0.570. The number of rotatable bonds is 4. The average Bonchev–Trinajstić information content (AvgIpc) is 1.82. The molecule has 0 radical (unpaired) electrons. The van der Waals surface area contributed by atoms with Crippen molar-refractivity contribution in [2.45, 2.75) is 13.8 Å². The number of nitrogens with two attached hydrogens (primary N) is 1. The van der Waals surface area contributed by atoms with Crippen molar-refractivity contribution in [2.24, 2.45) is 11.7 Å². The molecule has 0 aliphatic rings. The quantitative estimate of drug-likeness (QED) is 0.430. The van der Waals surface area contributed by atoms with Crippen LogP contribution in [0.3, 0.4) is 0 Å². The Morgan fingerprint density at radius 1 is 1.67 bits per heavy atom. The van der Waals surface area contributed by atoms with E-state index < -0.39 is 0 Å². The van der Waals surface area contributed by atoms with E-state index in [-0.39, 0.29) is 0 Å². The molecule has 0 rings (SSSR count). The Morgan fingerprint density at radius 2 is 2.22 bits per heavy atom. The SMILES string of the molecule is CC(C)CN(C=O)CN. The lowest BCUT2D eigenvalue weighted by Gasteiger charge is -2.16. The minimum Gasteiger partial charge on any atom is -0.332 e. The van der Waals surface area contributed by atoms with Crippen LogP contribution in [0.5, 0.6) is 0 Å². The summed E-state index contributed by atoms with van der Waals surface area (Å²) in [6, 6.07) is 0. The number of hydrogen-bond acceptors (Lipinski definition) is 2. The van der Waals surface area contributed by atoms with Crippen molar-refractivity contribution in [3.8, 4) is 0 Å². The van der Waals surface area contributed by atoms with Crippen molar-refractivity contribution in [1.29, 1.82) is 0 Å². The van der Waals surface area contributed by atoms with Gasteiger partial charge in [-0.1, -0.05) is 13.8 Å². The first-order chi connectivity index (χ1) is 4.20. The summed E-state index contributed by atoms with van der Waals surface area (Å²) in [7, 11) is 0. The third-order valence-corrected chi connectivity index (χ3v) is 0.983. The van der Waals surface area contributed by atoms with Gasteiger partial charge in [-0.25, -0.2) is 0 Å². The van der Waals surface area contributed by atoms with Crippen LogP contribution in [-0.2, 0) is 4.79 Å². The Morgan fingerprint density at radius 3 is 2.33 bits per heavy atom.